The molecule has 7 heteroatoms. The van der Waals surface area contributed by atoms with Crippen molar-refractivity contribution in [3.63, 3.8) is 0 Å². The van der Waals surface area contributed by atoms with Crippen molar-refractivity contribution < 1.29 is 29.5 Å². The maximum absolute atomic E-state index is 10.3. The van der Waals surface area contributed by atoms with Crippen molar-refractivity contribution in [3.8, 4) is 0 Å². The lowest BCUT2D eigenvalue weighted by atomic mass is 10.2. The van der Waals surface area contributed by atoms with E-state index >= 15 is 0 Å². The van der Waals surface area contributed by atoms with Crippen LogP contribution in [0.3, 0.4) is 0 Å². The summed E-state index contributed by atoms with van der Waals surface area (Å²) in [5.74, 6) is -1.74. The summed E-state index contributed by atoms with van der Waals surface area (Å²) in [5, 5.41) is 25.1. The van der Waals surface area contributed by atoms with Gasteiger partial charge in [-0.2, -0.15) is 0 Å². The highest BCUT2D eigenvalue weighted by molar-refractivity contribution is 7.46. The number of aliphatic hydroxyl groups excluding tert-OH is 2. The summed E-state index contributed by atoms with van der Waals surface area (Å²) in [6, 6.07) is 0. The quantitative estimate of drug-likeness (QED) is 0.459. The number of hydrogen-bond donors (Lipinski definition) is 3. The van der Waals surface area contributed by atoms with Gasteiger partial charge >= 0.3 is 5.97 Å². The lowest BCUT2D eigenvalue weighted by Crippen LogP contribution is -2.37. The van der Waals surface area contributed by atoms with E-state index in [1.54, 1.807) is 0 Å². The molecule has 0 amide bonds. The summed E-state index contributed by atoms with van der Waals surface area (Å²) in [7, 11) is -1.02. The summed E-state index contributed by atoms with van der Waals surface area (Å²) >= 11 is 0. The average molecular weight is 180 g/mol. The van der Waals surface area contributed by atoms with Crippen LogP contribution in [-0.2, 0) is 14.2 Å². The number of carbonyl (C=O) groups is 2. The maximum Gasteiger partial charge on any atom is 0.335 e. The molecule has 0 fully saturated rings. The van der Waals surface area contributed by atoms with Crippen LogP contribution in [0.2, 0.25) is 0 Å². The minimum Gasteiger partial charge on any atom is -0.479 e. The van der Waals surface area contributed by atoms with Gasteiger partial charge in [0.2, 0.25) is 8.46 Å². The highest BCUT2D eigenvalue weighted by Gasteiger charge is 2.29. The normalized spacial score (nSPS) is 15.8. The van der Waals surface area contributed by atoms with Crippen LogP contribution in [0.15, 0.2) is 0 Å². The second kappa shape index (κ2) is 4.12. The van der Waals surface area contributed by atoms with Gasteiger partial charge in [-0.25, -0.2) is 4.79 Å². The number of aliphatic hydroxyl groups is 2. The summed E-state index contributed by atoms with van der Waals surface area (Å²) in [6.07, 6.45) is -4.35. The van der Waals surface area contributed by atoms with Crippen LogP contribution in [0.1, 0.15) is 0 Å². The van der Waals surface area contributed by atoms with E-state index in [-0.39, 0.29) is 0 Å². The third-order valence-electron chi connectivity index (χ3n) is 0.895. The standard InChI is InChI=1S/C4H5O6P/c5-1(3(7)8)2(6)4(9)11-10/h1-2,5-6H,(H,7,8)/t1-,2-/m0/s1. The van der Waals surface area contributed by atoms with Gasteiger partial charge in [-0.1, -0.05) is 0 Å². The van der Waals surface area contributed by atoms with Gasteiger partial charge in [0, 0.05) is 0 Å². The van der Waals surface area contributed by atoms with Gasteiger partial charge in [0.25, 0.3) is 5.52 Å². The van der Waals surface area contributed by atoms with E-state index < -0.39 is 32.2 Å². The summed E-state index contributed by atoms with van der Waals surface area (Å²) in [6.45, 7) is 0. The Morgan fingerprint density at radius 3 is 1.91 bits per heavy atom. The first-order chi connectivity index (χ1) is 5.00. The molecule has 0 aliphatic heterocycles. The maximum atomic E-state index is 10.3. The Morgan fingerprint density at radius 2 is 1.64 bits per heavy atom. The molecule has 11 heavy (non-hydrogen) atoms. The predicted octanol–water partition coefficient (Wildman–Crippen LogP) is -1.39. The molecule has 0 heterocycles. The van der Waals surface area contributed by atoms with Crippen LogP contribution in [0.25, 0.3) is 0 Å². The monoisotopic (exact) mass is 180 g/mol. The van der Waals surface area contributed by atoms with E-state index in [9.17, 15) is 14.2 Å². The fraction of sp³-hybridized carbons (Fsp3) is 0.500. The molecule has 0 aliphatic rings. The first kappa shape index (κ1) is 10.2. The number of aliphatic carboxylic acids is 1. The van der Waals surface area contributed by atoms with Crippen LogP contribution in [0.4, 0.5) is 0 Å². The van der Waals surface area contributed by atoms with Gasteiger partial charge in [0.05, 0.1) is 0 Å². The SMILES string of the molecule is O=PC(=O)[C@@H](O)[C@H](O)C(=O)O. The van der Waals surface area contributed by atoms with Gasteiger partial charge in [-0.3, -0.25) is 9.36 Å². The van der Waals surface area contributed by atoms with Crippen molar-refractivity contribution in [2.45, 2.75) is 12.2 Å². The first-order valence-corrected chi connectivity index (χ1v) is 3.28. The predicted molar refractivity (Wildman–Crippen MR) is 32.3 cm³/mol. The minimum absolute atomic E-state index is 1.02. The smallest absolute Gasteiger partial charge is 0.335 e. The molecular weight excluding hydrogens is 175 g/mol. The fourth-order valence-corrected chi connectivity index (χ4v) is 0.573. The van der Waals surface area contributed by atoms with E-state index in [2.05, 4.69) is 0 Å². The van der Waals surface area contributed by atoms with Crippen LogP contribution < -0.4 is 0 Å². The van der Waals surface area contributed by atoms with Crippen molar-refractivity contribution in [3.05, 3.63) is 0 Å². The van der Waals surface area contributed by atoms with Gasteiger partial charge in [-0.05, 0) is 0 Å². The van der Waals surface area contributed by atoms with E-state index in [0.717, 1.165) is 0 Å². The molecule has 0 aromatic carbocycles. The highest BCUT2D eigenvalue weighted by atomic mass is 31.1. The number of rotatable bonds is 4. The molecule has 0 bridgehead atoms. The third kappa shape index (κ3) is 2.71. The summed E-state index contributed by atoms with van der Waals surface area (Å²) < 4.78 is 9.76. The Labute approximate surface area is 62.7 Å². The number of carboxylic acids is 1. The minimum atomic E-state index is -2.22. The molecule has 0 rings (SSSR count). The number of carbonyl (C=O) groups excluding carboxylic acids is 1. The van der Waals surface area contributed by atoms with Crippen LogP contribution in [0.5, 0.6) is 0 Å². The van der Waals surface area contributed by atoms with Gasteiger partial charge in [-0.15, -0.1) is 0 Å². The lowest BCUT2D eigenvalue weighted by molar-refractivity contribution is -0.155. The number of carboxylic acid groups (broad SMARTS) is 1. The molecule has 3 N–H and O–H groups in total. The molecule has 0 spiro atoms. The third-order valence-corrected chi connectivity index (χ3v) is 1.34. The molecule has 62 valence electrons. The Balaban J connectivity index is 4.23. The molecule has 6 nitrogen and oxygen atoms in total. The lowest BCUT2D eigenvalue weighted by Gasteiger charge is -2.07. The zero-order valence-corrected chi connectivity index (χ0v) is 6.06. The molecule has 0 aromatic rings. The topological polar surface area (TPSA) is 112 Å². The summed E-state index contributed by atoms with van der Waals surface area (Å²) in [4.78, 5) is 20.2. The molecular formula is C4H5O6P. The first-order valence-electron chi connectivity index (χ1n) is 2.47. The van der Waals surface area contributed by atoms with E-state index in [1.807, 2.05) is 0 Å². The Bertz CT molecular complexity index is 189. The van der Waals surface area contributed by atoms with Crippen molar-refractivity contribution in [1.29, 1.82) is 0 Å². The van der Waals surface area contributed by atoms with E-state index in [0.29, 0.717) is 0 Å². The van der Waals surface area contributed by atoms with Crippen molar-refractivity contribution in [2.24, 2.45) is 0 Å². The van der Waals surface area contributed by atoms with Crippen molar-refractivity contribution in [1.82, 2.24) is 0 Å². The molecule has 2 atom stereocenters. The van der Waals surface area contributed by atoms with Gasteiger partial charge in [0.15, 0.2) is 12.2 Å². The fourth-order valence-electron chi connectivity index (χ4n) is 0.324. The Hall–Kier alpha value is -0.840. The second-order valence-electron chi connectivity index (χ2n) is 1.66. The Kier molecular flexibility index (Phi) is 3.81. The number of hydrogen-bond acceptors (Lipinski definition) is 5. The van der Waals surface area contributed by atoms with E-state index in [1.165, 1.54) is 0 Å². The zero-order chi connectivity index (χ0) is 9.02. The van der Waals surface area contributed by atoms with Crippen LogP contribution in [-0.4, -0.2) is 39.0 Å². The van der Waals surface area contributed by atoms with Gasteiger partial charge < -0.3 is 15.3 Å². The summed E-state index contributed by atoms with van der Waals surface area (Å²) in [5.41, 5.74) is -1.26. The van der Waals surface area contributed by atoms with Crippen LogP contribution >= 0.6 is 8.46 Å². The molecule has 0 aliphatic carbocycles. The largest absolute Gasteiger partial charge is 0.479 e. The Morgan fingerprint density at radius 1 is 1.18 bits per heavy atom. The van der Waals surface area contributed by atoms with E-state index in [4.69, 9.17) is 15.3 Å². The molecule has 0 aromatic heterocycles. The van der Waals surface area contributed by atoms with Gasteiger partial charge in [0.1, 0.15) is 0 Å². The zero-order valence-electron chi connectivity index (χ0n) is 5.17. The highest BCUT2D eigenvalue weighted by Crippen LogP contribution is 2.04. The second-order valence-corrected chi connectivity index (χ2v) is 2.28. The molecule has 0 saturated heterocycles. The average Bonchev–Trinajstić information content (AvgIpc) is 2.00. The molecule has 0 unspecified atom stereocenters. The molecule has 0 radical (unpaired) electrons. The van der Waals surface area contributed by atoms with Crippen molar-refractivity contribution >= 4 is 20.0 Å². The van der Waals surface area contributed by atoms with Crippen LogP contribution in [0, 0.1) is 0 Å². The molecule has 0 saturated carbocycles. The van der Waals surface area contributed by atoms with Crippen molar-refractivity contribution in [2.75, 3.05) is 0 Å².